The van der Waals surface area contributed by atoms with Gasteiger partial charge in [-0.15, -0.1) is 0 Å². The number of nitrogens with zero attached hydrogens (tertiary/aromatic N) is 1. The van der Waals surface area contributed by atoms with E-state index in [1.54, 1.807) is 0 Å². The molecule has 0 amide bonds. The van der Waals surface area contributed by atoms with Crippen LogP contribution in [0.3, 0.4) is 0 Å². The molecule has 104 valence electrons. The Morgan fingerprint density at radius 1 is 1.32 bits per heavy atom. The van der Waals surface area contributed by atoms with E-state index < -0.39 is 9.84 Å². The number of hydrogen-bond donors (Lipinski definition) is 2. The van der Waals surface area contributed by atoms with Crippen LogP contribution in [0.5, 0.6) is 0 Å². The molecule has 4 unspecified atom stereocenters. The highest BCUT2D eigenvalue weighted by Gasteiger charge is 2.65. The van der Waals surface area contributed by atoms with E-state index in [9.17, 15) is 8.42 Å². The summed E-state index contributed by atoms with van der Waals surface area (Å²) in [7, 11) is -3.31. The van der Waals surface area contributed by atoms with Crippen molar-refractivity contribution in [2.75, 3.05) is 17.3 Å². The maximum atomic E-state index is 11.8. The van der Waals surface area contributed by atoms with Gasteiger partial charge in [0.2, 0.25) is 0 Å². The second-order valence-corrected chi connectivity index (χ2v) is 8.88. The van der Waals surface area contributed by atoms with Crippen LogP contribution in [-0.4, -0.2) is 25.1 Å². The second-order valence-electron chi connectivity index (χ2n) is 6.16. The van der Waals surface area contributed by atoms with Crippen molar-refractivity contribution in [2.45, 2.75) is 30.2 Å². The van der Waals surface area contributed by atoms with E-state index in [0.717, 1.165) is 23.7 Å². The number of rotatable bonds is 3. The maximum Gasteiger partial charge on any atom is 0.182 e. The molecule has 2 bridgehead atoms. The van der Waals surface area contributed by atoms with Crippen LogP contribution in [0.2, 0.25) is 0 Å². The number of nitrogens with one attached hydrogen (secondary N) is 1. The minimum absolute atomic E-state index is 0.129. The average Bonchev–Trinajstić information content (AvgIpc) is 2.69. The zero-order valence-corrected chi connectivity index (χ0v) is 12.3. The summed E-state index contributed by atoms with van der Waals surface area (Å²) in [6.07, 6.45) is 5.29. The van der Waals surface area contributed by atoms with Gasteiger partial charge in [0, 0.05) is 12.3 Å². The lowest BCUT2D eigenvalue weighted by Gasteiger charge is -2.11. The lowest BCUT2D eigenvalue weighted by atomic mass is 10.0. The third kappa shape index (κ3) is 1.64. The zero-order chi connectivity index (χ0) is 13.4. The molecule has 5 nitrogen and oxygen atoms in total. The molecule has 3 aliphatic carbocycles. The van der Waals surface area contributed by atoms with Crippen LogP contribution in [0.25, 0.3) is 0 Å². The first-order valence-corrected chi connectivity index (χ1v) is 9.35. The largest absolute Gasteiger partial charge is 0.382 e. The Bertz CT molecular complexity index is 623. The van der Waals surface area contributed by atoms with Crippen LogP contribution in [0.4, 0.5) is 10.8 Å². The fourth-order valence-electron chi connectivity index (χ4n) is 4.41. The molecule has 1 aromatic rings. The number of aromatic nitrogens is 1. The van der Waals surface area contributed by atoms with E-state index in [1.807, 2.05) is 0 Å². The highest BCUT2D eigenvalue weighted by molar-refractivity contribution is 7.91. The van der Waals surface area contributed by atoms with Gasteiger partial charge in [-0.2, -0.15) is 4.37 Å². The van der Waals surface area contributed by atoms with Gasteiger partial charge in [0.1, 0.15) is 9.90 Å². The van der Waals surface area contributed by atoms with Gasteiger partial charge in [0.15, 0.2) is 15.7 Å². The Labute approximate surface area is 116 Å². The van der Waals surface area contributed by atoms with E-state index in [0.29, 0.717) is 11.0 Å². The quantitative estimate of drug-likeness (QED) is 0.885. The number of hydrogen-bond acceptors (Lipinski definition) is 6. The Morgan fingerprint density at radius 3 is 2.53 bits per heavy atom. The van der Waals surface area contributed by atoms with Crippen molar-refractivity contribution in [1.29, 1.82) is 0 Å². The Kier molecular flexibility index (Phi) is 2.29. The van der Waals surface area contributed by atoms with Crippen molar-refractivity contribution < 1.29 is 8.42 Å². The van der Waals surface area contributed by atoms with E-state index >= 15 is 0 Å². The third-order valence-corrected chi connectivity index (χ3v) is 7.15. The van der Waals surface area contributed by atoms with E-state index in [4.69, 9.17) is 5.73 Å². The van der Waals surface area contributed by atoms with Crippen molar-refractivity contribution >= 4 is 32.2 Å². The highest BCUT2D eigenvalue weighted by atomic mass is 32.2. The number of nitrogens with two attached hydrogens (primary N) is 1. The van der Waals surface area contributed by atoms with Gasteiger partial charge in [-0.1, -0.05) is 0 Å². The molecule has 3 aliphatic rings. The molecule has 19 heavy (non-hydrogen) atoms. The number of nitrogen functional groups attached to an aromatic ring is 1. The number of anilines is 2. The van der Waals surface area contributed by atoms with Crippen LogP contribution < -0.4 is 11.1 Å². The first-order chi connectivity index (χ1) is 8.97. The van der Waals surface area contributed by atoms with Crippen molar-refractivity contribution in [3.8, 4) is 0 Å². The second kappa shape index (κ2) is 3.63. The molecule has 4 atom stereocenters. The third-order valence-electron chi connectivity index (χ3n) is 5.08. The molecule has 3 saturated carbocycles. The molecule has 3 N–H and O–H groups in total. The Morgan fingerprint density at radius 2 is 1.95 bits per heavy atom. The van der Waals surface area contributed by atoms with Crippen LogP contribution in [-0.2, 0) is 9.84 Å². The zero-order valence-electron chi connectivity index (χ0n) is 10.7. The topological polar surface area (TPSA) is 85.1 Å². The SMILES string of the molecule is CS(=O)(=O)c1c(N)nsc1NC1C2C3CCC(C3)C12. The summed E-state index contributed by atoms with van der Waals surface area (Å²) in [4.78, 5) is 0.190. The predicted octanol–water partition coefficient (Wildman–Crippen LogP) is 1.59. The van der Waals surface area contributed by atoms with Gasteiger partial charge < -0.3 is 11.1 Å². The summed E-state index contributed by atoms with van der Waals surface area (Å²) in [6.45, 7) is 0. The molecular weight excluding hydrogens is 282 g/mol. The fourth-order valence-corrected chi connectivity index (χ4v) is 6.52. The van der Waals surface area contributed by atoms with Crippen LogP contribution >= 0.6 is 11.5 Å². The van der Waals surface area contributed by atoms with Gasteiger partial charge >= 0.3 is 0 Å². The Hall–Kier alpha value is -0.820. The van der Waals surface area contributed by atoms with Gasteiger partial charge in [-0.05, 0) is 54.5 Å². The van der Waals surface area contributed by atoms with Crippen molar-refractivity contribution in [3.05, 3.63) is 0 Å². The van der Waals surface area contributed by atoms with Crippen LogP contribution in [0.1, 0.15) is 19.3 Å². The average molecular weight is 299 g/mol. The molecule has 0 aromatic carbocycles. The molecular formula is C12H17N3O2S2. The predicted molar refractivity (Wildman–Crippen MR) is 74.9 cm³/mol. The first kappa shape index (κ1) is 12.0. The number of sulfone groups is 1. The summed E-state index contributed by atoms with van der Waals surface area (Å²) >= 11 is 1.17. The Balaban J connectivity index is 1.60. The first-order valence-electron chi connectivity index (χ1n) is 6.68. The molecule has 3 fully saturated rings. The summed E-state index contributed by atoms with van der Waals surface area (Å²) in [5.41, 5.74) is 5.69. The van der Waals surface area contributed by atoms with Crippen LogP contribution in [0, 0.1) is 23.7 Å². The normalized spacial score (nSPS) is 39.3. The lowest BCUT2D eigenvalue weighted by Crippen LogP contribution is -2.14. The molecule has 0 aliphatic heterocycles. The van der Waals surface area contributed by atoms with Gasteiger partial charge in [-0.25, -0.2) is 8.42 Å². The van der Waals surface area contributed by atoms with Crippen molar-refractivity contribution in [3.63, 3.8) is 0 Å². The molecule has 1 aromatic heterocycles. The van der Waals surface area contributed by atoms with Crippen LogP contribution in [0.15, 0.2) is 4.90 Å². The van der Waals surface area contributed by atoms with E-state index in [-0.39, 0.29) is 10.7 Å². The molecule has 0 spiro atoms. The summed E-state index contributed by atoms with van der Waals surface area (Å²) in [6, 6.07) is 0.451. The fraction of sp³-hybridized carbons (Fsp3) is 0.750. The summed E-state index contributed by atoms with van der Waals surface area (Å²) < 4.78 is 27.5. The van der Waals surface area contributed by atoms with E-state index in [1.165, 1.54) is 37.1 Å². The van der Waals surface area contributed by atoms with Gasteiger partial charge in [0.05, 0.1) is 0 Å². The molecule has 0 saturated heterocycles. The van der Waals surface area contributed by atoms with Crippen molar-refractivity contribution in [2.24, 2.45) is 23.7 Å². The molecule has 7 heteroatoms. The standard InChI is InChI=1S/C12H17N3O2S2/c1-19(16,17)10-11(13)15-18-12(10)14-9-7-5-2-3-6(4-5)8(7)9/h5-9,14H,2-4H2,1H3,(H2,13,15). The molecule has 1 heterocycles. The van der Waals surface area contributed by atoms with Gasteiger partial charge in [-0.3, -0.25) is 0 Å². The van der Waals surface area contributed by atoms with Gasteiger partial charge in [0.25, 0.3) is 0 Å². The smallest absolute Gasteiger partial charge is 0.182 e. The monoisotopic (exact) mass is 299 g/mol. The minimum atomic E-state index is -3.31. The summed E-state index contributed by atoms with van der Waals surface area (Å²) in [5.74, 6) is 3.37. The minimum Gasteiger partial charge on any atom is -0.382 e. The molecule has 4 rings (SSSR count). The summed E-state index contributed by atoms with van der Waals surface area (Å²) in [5, 5.41) is 4.05. The maximum absolute atomic E-state index is 11.8. The number of fused-ring (bicyclic) bond motifs is 5. The van der Waals surface area contributed by atoms with E-state index in [2.05, 4.69) is 9.69 Å². The lowest BCUT2D eigenvalue weighted by molar-refractivity contribution is 0.456. The van der Waals surface area contributed by atoms with Crippen molar-refractivity contribution in [1.82, 2.24) is 4.37 Å². The molecule has 0 radical (unpaired) electrons. The highest BCUT2D eigenvalue weighted by Crippen LogP contribution is 2.66.